The number of H-pyrrole nitrogens is 1. The van der Waals surface area contributed by atoms with Crippen molar-refractivity contribution in [2.24, 2.45) is 35.5 Å². The van der Waals surface area contributed by atoms with Gasteiger partial charge in [-0.3, -0.25) is 19.3 Å². The molecule has 9 nitrogen and oxygen atoms in total. The van der Waals surface area contributed by atoms with Crippen LogP contribution in [0.4, 0.5) is 0 Å². The number of aromatic amines is 1. The summed E-state index contributed by atoms with van der Waals surface area (Å²) in [4.78, 5) is 55.8. The van der Waals surface area contributed by atoms with E-state index in [9.17, 15) is 24.3 Å². The molecule has 4 aliphatic rings. The van der Waals surface area contributed by atoms with Gasteiger partial charge in [-0.15, -0.1) is 11.8 Å². The number of rotatable bonds is 7. The Balaban J connectivity index is 1.41. The van der Waals surface area contributed by atoms with Crippen molar-refractivity contribution in [3.63, 3.8) is 0 Å². The first-order chi connectivity index (χ1) is 18.1. The van der Waals surface area contributed by atoms with E-state index in [0.29, 0.717) is 24.0 Å². The maximum absolute atomic E-state index is 13.5. The molecule has 11 heteroatoms. The minimum atomic E-state index is -1.19. The average molecular weight is 559 g/mol. The van der Waals surface area contributed by atoms with Crippen LogP contribution in [0.3, 0.4) is 0 Å². The van der Waals surface area contributed by atoms with Gasteiger partial charge in [0.05, 0.1) is 30.6 Å². The number of likely N-dealkylation sites (tertiary alicyclic amines) is 1. The minimum Gasteiger partial charge on any atom is -0.493 e. The predicted molar refractivity (Wildman–Crippen MR) is 141 cm³/mol. The lowest BCUT2D eigenvalue weighted by atomic mass is 9.68. The molecule has 2 saturated carbocycles. The first kappa shape index (κ1) is 25.5. The second-order valence-corrected chi connectivity index (χ2v) is 13.3. The molecule has 1 aromatic carbocycles. The van der Waals surface area contributed by atoms with E-state index in [-0.39, 0.29) is 45.6 Å². The highest BCUT2D eigenvalue weighted by molar-refractivity contribution is 8.00. The van der Waals surface area contributed by atoms with Gasteiger partial charge in [-0.05, 0) is 54.7 Å². The lowest BCUT2D eigenvalue weighted by Crippen LogP contribution is -2.44. The molecule has 2 amide bonds. The van der Waals surface area contributed by atoms with Crippen LogP contribution >= 0.6 is 23.1 Å². The molecule has 0 spiro atoms. The van der Waals surface area contributed by atoms with Gasteiger partial charge >= 0.3 is 10.8 Å². The van der Waals surface area contributed by atoms with Gasteiger partial charge in [0, 0.05) is 16.0 Å². The van der Waals surface area contributed by atoms with Gasteiger partial charge < -0.3 is 19.6 Å². The number of imide groups is 1. The highest BCUT2D eigenvalue weighted by atomic mass is 32.2. The number of thiazole rings is 1. The summed E-state index contributed by atoms with van der Waals surface area (Å²) in [6.07, 6.45) is 0.743. The van der Waals surface area contributed by atoms with Crippen molar-refractivity contribution in [2.75, 3.05) is 13.7 Å². The molecule has 0 radical (unpaired) electrons. The number of methoxy groups -OCH3 is 1. The maximum atomic E-state index is 13.5. The number of amides is 2. The van der Waals surface area contributed by atoms with Crippen LogP contribution in [0.25, 0.3) is 0 Å². The van der Waals surface area contributed by atoms with Gasteiger partial charge in [0.2, 0.25) is 11.8 Å². The van der Waals surface area contributed by atoms with Crippen LogP contribution in [0.15, 0.2) is 28.0 Å². The van der Waals surface area contributed by atoms with E-state index in [1.807, 2.05) is 18.2 Å². The number of fused-ring (bicyclic) bond motifs is 9. The molecule has 1 aromatic heterocycles. The van der Waals surface area contributed by atoms with E-state index in [0.717, 1.165) is 26.8 Å². The number of benzene rings is 1. The van der Waals surface area contributed by atoms with Crippen molar-refractivity contribution in [2.45, 2.75) is 49.4 Å². The van der Waals surface area contributed by atoms with Crippen molar-refractivity contribution < 1.29 is 29.0 Å². The molecule has 2 aliphatic heterocycles. The van der Waals surface area contributed by atoms with Crippen LogP contribution in [0.2, 0.25) is 0 Å². The molecule has 1 saturated heterocycles. The summed E-state index contributed by atoms with van der Waals surface area (Å²) < 4.78 is 11.6. The molecule has 6 rings (SSSR count). The molecule has 3 heterocycles. The molecule has 3 fully saturated rings. The van der Waals surface area contributed by atoms with Crippen LogP contribution < -0.4 is 14.3 Å². The monoisotopic (exact) mass is 558 g/mol. The molecule has 2 aromatic rings. The lowest BCUT2D eigenvalue weighted by Gasteiger charge is -2.43. The van der Waals surface area contributed by atoms with Crippen molar-refractivity contribution in [3.05, 3.63) is 38.3 Å². The fourth-order valence-electron chi connectivity index (χ4n) is 7.16. The Morgan fingerprint density at radius 1 is 1.13 bits per heavy atom. The lowest BCUT2D eigenvalue weighted by molar-refractivity contribution is -0.154. The number of ether oxygens (including phenoxy) is 2. The summed E-state index contributed by atoms with van der Waals surface area (Å²) in [5.74, 6) is -1.60. The summed E-state index contributed by atoms with van der Waals surface area (Å²) in [7, 11) is 1.60. The quantitative estimate of drug-likeness (QED) is 0.495. The Hall–Kier alpha value is -2.79. The number of aromatic nitrogens is 1. The third-order valence-corrected chi connectivity index (χ3v) is 11.2. The Labute approximate surface area is 227 Å². The third kappa shape index (κ3) is 3.65. The first-order valence-electron chi connectivity index (χ1n) is 12.9. The van der Waals surface area contributed by atoms with Gasteiger partial charge in [-0.25, -0.2) is 4.79 Å². The number of thioether (sulfide) groups is 1. The second-order valence-electron chi connectivity index (χ2n) is 11.1. The fourth-order valence-corrected chi connectivity index (χ4v) is 10.0. The van der Waals surface area contributed by atoms with E-state index in [2.05, 4.69) is 18.8 Å². The van der Waals surface area contributed by atoms with E-state index in [1.54, 1.807) is 18.9 Å². The molecule has 7 unspecified atom stereocenters. The highest BCUT2D eigenvalue weighted by Crippen LogP contribution is 2.68. The van der Waals surface area contributed by atoms with Gasteiger partial charge in [0.25, 0.3) is 0 Å². The summed E-state index contributed by atoms with van der Waals surface area (Å²) in [6.45, 7) is 6.10. The van der Waals surface area contributed by atoms with Crippen LogP contribution in [-0.4, -0.2) is 57.8 Å². The van der Waals surface area contributed by atoms with Gasteiger partial charge in [0.15, 0.2) is 11.5 Å². The highest BCUT2D eigenvalue weighted by Gasteiger charge is 2.70. The number of carbonyl (C=O) groups excluding carboxylic acids is 2. The van der Waals surface area contributed by atoms with Crippen molar-refractivity contribution in [3.8, 4) is 11.5 Å². The molecule has 2 aliphatic carbocycles. The number of nitrogens with one attached hydrogen (secondary N) is 1. The number of carbonyl (C=O) groups is 3. The summed E-state index contributed by atoms with van der Waals surface area (Å²) in [5.41, 5.74) is 0.974. The summed E-state index contributed by atoms with van der Waals surface area (Å²) >= 11 is 2.80. The van der Waals surface area contributed by atoms with E-state index in [1.165, 1.54) is 18.3 Å². The molecule has 2 bridgehead atoms. The fraction of sp³-hybridized carbons (Fsp3) is 0.556. The van der Waals surface area contributed by atoms with E-state index < -0.39 is 23.8 Å². The summed E-state index contributed by atoms with van der Waals surface area (Å²) in [6, 6.07) is 4.68. The smallest absolute Gasteiger partial charge is 0.326 e. The molecular weight excluding hydrogens is 528 g/mol. The number of nitrogens with zero attached hydrogens (tertiary/aromatic N) is 1. The molecule has 38 heavy (non-hydrogen) atoms. The van der Waals surface area contributed by atoms with Crippen LogP contribution in [0.1, 0.15) is 43.6 Å². The standard InChI is InChI=1S/C27H30N2O7S2/c1-10(2)9-36-15-6-5-12(7-16(15)35-4)17-18-13-8-14(21(18)37-23-22(17)38-27(34)28-23)20-19(13)24(30)29(25(20)31)11(3)26(32)33/h5-7,10-11,13-14,17-21H,8-9H2,1-4H3,(H,28,34)(H,32,33)/t11?,13?,14?,17-,18?,19?,20?,21?/m1/s1. The Kier molecular flexibility index (Phi) is 6.14. The van der Waals surface area contributed by atoms with Gasteiger partial charge in [-0.2, -0.15) is 0 Å². The van der Waals surface area contributed by atoms with Gasteiger partial charge in [-0.1, -0.05) is 31.3 Å². The maximum Gasteiger partial charge on any atom is 0.326 e. The Morgan fingerprint density at radius 3 is 2.50 bits per heavy atom. The molecule has 8 atom stereocenters. The molecule has 2 N–H and O–H groups in total. The van der Waals surface area contributed by atoms with Crippen molar-refractivity contribution in [1.29, 1.82) is 0 Å². The minimum absolute atomic E-state index is 0.0224. The number of carboxylic acids is 1. The van der Waals surface area contributed by atoms with Crippen LogP contribution in [0.5, 0.6) is 11.5 Å². The van der Waals surface area contributed by atoms with E-state index >= 15 is 0 Å². The summed E-state index contributed by atoms with van der Waals surface area (Å²) in [5, 5.41) is 10.4. The first-order valence-corrected chi connectivity index (χ1v) is 14.6. The Morgan fingerprint density at radius 2 is 1.84 bits per heavy atom. The van der Waals surface area contributed by atoms with Crippen molar-refractivity contribution in [1.82, 2.24) is 9.88 Å². The zero-order chi connectivity index (χ0) is 27.0. The van der Waals surface area contributed by atoms with E-state index in [4.69, 9.17) is 9.47 Å². The van der Waals surface area contributed by atoms with Gasteiger partial charge in [0.1, 0.15) is 6.04 Å². The van der Waals surface area contributed by atoms with Crippen LogP contribution in [-0.2, 0) is 14.4 Å². The topological polar surface area (TPSA) is 126 Å². The Bertz CT molecular complexity index is 1380. The molecule has 202 valence electrons. The zero-order valence-electron chi connectivity index (χ0n) is 21.5. The zero-order valence-corrected chi connectivity index (χ0v) is 23.1. The predicted octanol–water partition coefficient (Wildman–Crippen LogP) is 3.43. The SMILES string of the molecule is COc1cc([C@H]2c3sc(=O)[nH]c3SC3C4CC(C5C(=O)N(C(C)C(=O)O)C(=O)C45)C32)ccc1OCC(C)C. The number of aliphatic carboxylic acids is 1. The number of carboxylic acid groups (broad SMARTS) is 1. The molecular formula is C27H30N2O7S2. The second kappa shape index (κ2) is 9.15. The number of hydrogen-bond donors (Lipinski definition) is 2. The van der Waals surface area contributed by atoms with Crippen LogP contribution in [0, 0.1) is 35.5 Å². The third-order valence-electron chi connectivity index (χ3n) is 8.62. The number of hydrogen-bond acceptors (Lipinski definition) is 8. The largest absolute Gasteiger partial charge is 0.493 e. The van der Waals surface area contributed by atoms with Crippen molar-refractivity contribution >= 4 is 40.9 Å². The average Bonchev–Trinajstić information content (AvgIpc) is 3.60. The normalized spacial score (nSPS) is 31.8.